The Balaban J connectivity index is 1.33. The maximum absolute atomic E-state index is 13.3. The van der Waals surface area contributed by atoms with Gasteiger partial charge in [-0.3, -0.25) is 14.6 Å². The first-order valence-electron chi connectivity index (χ1n) is 11.4. The zero-order chi connectivity index (χ0) is 22.8. The van der Waals surface area contributed by atoms with E-state index in [0.717, 1.165) is 23.0 Å². The van der Waals surface area contributed by atoms with E-state index in [-0.39, 0.29) is 17.7 Å². The van der Waals surface area contributed by atoms with E-state index >= 15 is 0 Å². The summed E-state index contributed by atoms with van der Waals surface area (Å²) in [7, 11) is 0. The zero-order valence-electron chi connectivity index (χ0n) is 18.7. The molecular formula is C24H27N5O4. The molecule has 0 radical (unpaired) electrons. The first-order valence-corrected chi connectivity index (χ1v) is 11.4. The van der Waals surface area contributed by atoms with Crippen LogP contribution in [0.2, 0.25) is 0 Å². The Bertz CT molecular complexity index is 1170. The summed E-state index contributed by atoms with van der Waals surface area (Å²) in [5.74, 6) is 1.24. The molecule has 3 aromatic rings. The number of amides is 2. The molecule has 0 bridgehead atoms. The van der Waals surface area contributed by atoms with Gasteiger partial charge in [-0.15, -0.1) is 0 Å². The lowest BCUT2D eigenvalue weighted by molar-refractivity contribution is -0.130. The number of aryl methyl sites for hydroxylation is 2. The number of rotatable bonds is 5. The van der Waals surface area contributed by atoms with Crippen LogP contribution in [0.25, 0.3) is 10.9 Å². The van der Waals surface area contributed by atoms with Crippen molar-refractivity contribution < 1.29 is 18.8 Å². The minimum absolute atomic E-state index is 0.0129. The molecule has 2 saturated heterocycles. The van der Waals surface area contributed by atoms with Gasteiger partial charge in [0.05, 0.1) is 24.3 Å². The van der Waals surface area contributed by atoms with Gasteiger partial charge in [-0.25, -0.2) is 0 Å². The van der Waals surface area contributed by atoms with Crippen molar-refractivity contribution in [3.63, 3.8) is 0 Å². The van der Waals surface area contributed by atoms with Crippen molar-refractivity contribution in [2.75, 3.05) is 39.4 Å². The number of likely N-dealkylation sites (tertiary alicyclic amines) is 1. The van der Waals surface area contributed by atoms with Crippen LogP contribution >= 0.6 is 0 Å². The van der Waals surface area contributed by atoms with Crippen molar-refractivity contribution in [3.8, 4) is 0 Å². The fourth-order valence-electron chi connectivity index (χ4n) is 4.56. The van der Waals surface area contributed by atoms with Crippen LogP contribution in [-0.4, -0.2) is 76.1 Å². The maximum Gasteiger partial charge on any atom is 0.254 e. The van der Waals surface area contributed by atoms with Gasteiger partial charge >= 0.3 is 0 Å². The quantitative estimate of drug-likeness (QED) is 0.589. The van der Waals surface area contributed by atoms with Crippen molar-refractivity contribution in [3.05, 3.63) is 53.3 Å². The predicted octanol–water partition coefficient (Wildman–Crippen LogP) is 2.35. The molecule has 1 unspecified atom stereocenters. The highest BCUT2D eigenvalue weighted by Crippen LogP contribution is 2.30. The van der Waals surface area contributed by atoms with Gasteiger partial charge in [0.1, 0.15) is 0 Å². The molecule has 33 heavy (non-hydrogen) atoms. The number of fused-ring (bicyclic) bond motifs is 1. The second kappa shape index (κ2) is 9.27. The molecule has 1 atom stereocenters. The Kier molecular flexibility index (Phi) is 6.04. The predicted molar refractivity (Wildman–Crippen MR) is 120 cm³/mol. The second-order valence-corrected chi connectivity index (χ2v) is 8.58. The third kappa shape index (κ3) is 4.59. The van der Waals surface area contributed by atoms with Crippen LogP contribution in [0.5, 0.6) is 0 Å². The summed E-state index contributed by atoms with van der Waals surface area (Å²) in [6.07, 6.45) is 1.59. The number of nitrogens with zero attached hydrogens (tertiary/aromatic N) is 5. The molecule has 0 aliphatic carbocycles. The molecule has 0 saturated carbocycles. The number of ether oxygens (including phenoxy) is 1. The van der Waals surface area contributed by atoms with Crippen molar-refractivity contribution >= 4 is 22.7 Å². The fraction of sp³-hybridized carbons (Fsp3) is 0.458. The van der Waals surface area contributed by atoms with Crippen molar-refractivity contribution in [1.29, 1.82) is 0 Å². The maximum atomic E-state index is 13.3. The molecule has 5 rings (SSSR count). The van der Waals surface area contributed by atoms with Gasteiger partial charge in [0, 0.05) is 56.0 Å². The highest BCUT2D eigenvalue weighted by molar-refractivity contribution is 6.06. The molecule has 2 aliphatic rings. The number of pyridine rings is 1. The zero-order valence-corrected chi connectivity index (χ0v) is 18.7. The summed E-state index contributed by atoms with van der Waals surface area (Å²) in [5, 5.41) is 4.63. The Morgan fingerprint density at radius 1 is 1.09 bits per heavy atom. The Hall–Kier alpha value is -3.33. The summed E-state index contributed by atoms with van der Waals surface area (Å²) in [6.45, 7) is 5.33. The van der Waals surface area contributed by atoms with Crippen LogP contribution in [-0.2, 0) is 16.0 Å². The van der Waals surface area contributed by atoms with E-state index in [1.807, 2.05) is 40.1 Å². The number of hydrogen-bond acceptors (Lipinski definition) is 7. The second-order valence-electron chi connectivity index (χ2n) is 8.58. The van der Waals surface area contributed by atoms with Crippen molar-refractivity contribution in [2.24, 2.45) is 0 Å². The normalized spacial score (nSPS) is 18.8. The molecule has 2 amide bonds. The highest BCUT2D eigenvalue weighted by Gasteiger charge is 2.30. The summed E-state index contributed by atoms with van der Waals surface area (Å²) < 4.78 is 10.5. The third-order valence-corrected chi connectivity index (χ3v) is 6.35. The first-order chi connectivity index (χ1) is 16.1. The summed E-state index contributed by atoms with van der Waals surface area (Å²) in [5.41, 5.74) is 2.35. The molecule has 0 N–H and O–H groups in total. The molecular weight excluding hydrogens is 422 g/mol. The molecule has 1 aromatic carbocycles. The fourth-order valence-corrected chi connectivity index (χ4v) is 4.56. The third-order valence-electron chi connectivity index (χ3n) is 6.35. The molecule has 0 spiro atoms. The minimum Gasteiger partial charge on any atom is -0.378 e. The van der Waals surface area contributed by atoms with E-state index in [1.54, 1.807) is 6.92 Å². The number of carbonyl (C=O) groups is 2. The lowest BCUT2D eigenvalue weighted by atomic mass is 9.99. The standard InChI is InChI=1S/C24H27N5O4/c1-16-25-22(33-27-16)6-7-23(30)29-9-8-17(15-29)21-14-19(18-4-2-3-5-20(18)26-21)24(31)28-10-12-32-13-11-28/h2-5,14,17H,6-13,15H2,1H3. The largest absolute Gasteiger partial charge is 0.378 e. The molecule has 172 valence electrons. The lowest BCUT2D eigenvalue weighted by Crippen LogP contribution is -2.40. The van der Waals surface area contributed by atoms with Gasteiger partial charge in [-0.1, -0.05) is 23.4 Å². The summed E-state index contributed by atoms with van der Waals surface area (Å²) >= 11 is 0. The van der Waals surface area contributed by atoms with Gasteiger partial charge in [0.25, 0.3) is 5.91 Å². The first kappa shape index (κ1) is 21.5. The molecule has 2 fully saturated rings. The minimum atomic E-state index is 0.0129. The number of aromatic nitrogens is 3. The Morgan fingerprint density at radius 2 is 1.91 bits per heavy atom. The molecule has 4 heterocycles. The number of hydrogen-bond donors (Lipinski definition) is 0. The van der Waals surface area contributed by atoms with Crippen LogP contribution in [0.15, 0.2) is 34.9 Å². The average molecular weight is 450 g/mol. The van der Waals surface area contributed by atoms with Gasteiger partial charge in [-0.05, 0) is 25.5 Å². The number of benzene rings is 1. The van der Waals surface area contributed by atoms with Crippen LogP contribution < -0.4 is 0 Å². The number of para-hydroxylation sites is 1. The van der Waals surface area contributed by atoms with Crippen LogP contribution in [0.1, 0.15) is 46.5 Å². The van der Waals surface area contributed by atoms with Crippen LogP contribution in [0, 0.1) is 6.92 Å². The highest BCUT2D eigenvalue weighted by atomic mass is 16.5. The Morgan fingerprint density at radius 3 is 2.70 bits per heavy atom. The van der Waals surface area contributed by atoms with Gasteiger partial charge in [-0.2, -0.15) is 4.98 Å². The molecule has 9 heteroatoms. The van der Waals surface area contributed by atoms with E-state index < -0.39 is 0 Å². The molecule has 2 aliphatic heterocycles. The van der Waals surface area contributed by atoms with Crippen molar-refractivity contribution in [2.45, 2.75) is 32.1 Å². The van der Waals surface area contributed by atoms with E-state index in [4.69, 9.17) is 14.2 Å². The number of carbonyl (C=O) groups excluding carboxylic acids is 2. The van der Waals surface area contributed by atoms with Gasteiger partial charge in [0.2, 0.25) is 11.8 Å². The monoisotopic (exact) mass is 449 g/mol. The summed E-state index contributed by atoms with van der Waals surface area (Å²) in [4.78, 5) is 38.8. The Labute approximate surface area is 191 Å². The molecule has 2 aromatic heterocycles. The smallest absolute Gasteiger partial charge is 0.254 e. The van der Waals surface area contributed by atoms with Gasteiger partial charge in [0.15, 0.2) is 5.82 Å². The van der Waals surface area contributed by atoms with Gasteiger partial charge < -0.3 is 19.1 Å². The van der Waals surface area contributed by atoms with Crippen LogP contribution in [0.3, 0.4) is 0 Å². The SMILES string of the molecule is Cc1noc(CCC(=O)N2CCC(c3cc(C(=O)N4CCOCC4)c4ccccc4n3)C2)n1. The van der Waals surface area contributed by atoms with E-state index in [0.29, 0.717) is 69.5 Å². The molecule has 9 nitrogen and oxygen atoms in total. The van der Waals surface area contributed by atoms with Crippen molar-refractivity contribution in [1.82, 2.24) is 24.9 Å². The van der Waals surface area contributed by atoms with E-state index in [2.05, 4.69) is 10.1 Å². The van der Waals surface area contributed by atoms with Crippen LogP contribution in [0.4, 0.5) is 0 Å². The topological polar surface area (TPSA) is 102 Å². The van der Waals surface area contributed by atoms with E-state index in [1.165, 1.54) is 0 Å². The average Bonchev–Trinajstić information content (AvgIpc) is 3.51. The number of morpholine rings is 1. The van der Waals surface area contributed by atoms with E-state index in [9.17, 15) is 9.59 Å². The summed E-state index contributed by atoms with van der Waals surface area (Å²) in [6, 6.07) is 9.69. The lowest BCUT2D eigenvalue weighted by Gasteiger charge is -2.27.